The molecule has 1 aromatic carbocycles. The molecule has 0 saturated carbocycles. The van der Waals surface area contributed by atoms with Crippen molar-refractivity contribution in [3.8, 4) is 0 Å². The second-order valence-electron chi connectivity index (χ2n) is 6.78. The average molecular weight is 381 g/mol. The highest BCUT2D eigenvalue weighted by molar-refractivity contribution is 6.30. The van der Waals surface area contributed by atoms with Gasteiger partial charge in [-0.25, -0.2) is 0 Å². The van der Waals surface area contributed by atoms with Gasteiger partial charge in [-0.15, -0.1) is 0 Å². The number of unbranched alkanes of at least 4 members (excludes halogenated alkanes) is 7. The fourth-order valence-electron chi connectivity index (χ4n) is 2.93. The van der Waals surface area contributed by atoms with Gasteiger partial charge >= 0.3 is 5.97 Å². The lowest BCUT2D eigenvalue weighted by Gasteiger charge is -2.16. The number of hydrogen-bond acceptors (Lipinski definition) is 3. The smallest absolute Gasteiger partial charge is 0.303 e. The SMILES string of the molecule is CCCCCCCCCCC(/C=C(\Cl)C(O)c1ccccc1)OC(C)=O. The zero-order valence-electron chi connectivity index (χ0n) is 16.1. The van der Waals surface area contributed by atoms with Gasteiger partial charge in [0.25, 0.3) is 0 Å². The van der Waals surface area contributed by atoms with Crippen LogP contribution < -0.4 is 0 Å². The van der Waals surface area contributed by atoms with Crippen molar-refractivity contribution in [2.75, 3.05) is 0 Å². The number of hydrogen-bond donors (Lipinski definition) is 1. The van der Waals surface area contributed by atoms with Crippen LogP contribution in [0.2, 0.25) is 0 Å². The first kappa shape index (κ1) is 22.7. The van der Waals surface area contributed by atoms with E-state index < -0.39 is 12.2 Å². The Morgan fingerprint density at radius 1 is 1.08 bits per heavy atom. The summed E-state index contributed by atoms with van der Waals surface area (Å²) in [4.78, 5) is 11.4. The third kappa shape index (κ3) is 9.98. The highest BCUT2D eigenvalue weighted by Gasteiger charge is 2.16. The fourth-order valence-corrected chi connectivity index (χ4v) is 3.20. The summed E-state index contributed by atoms with van der Waals surface area (Å²) in [5.74, 6) is -0.329. The van der Waals surface area contributed by atoms with Crippen molar-refractivity contribution >= 4 is 17.6 Å². The van der Waals surface area contributed by atoms with Crippen LogP contribution in [-0.2, 0) is 9.53 Å². The van der Waals surface area contributed by atoms with Gasteiger partial charge in [0.05, 0.1) is 5.03 Å². The summed E-state index contributed by atoms with van der Waals surface area (Å²) in [6.45, 7) is 3.62. The molecule has 0 aliphatic carbocycles. The summed E-state index contributed by atoms with van der Waals surface area (Å²) >= 11 is 6.27. The normalized spacial score (nSPS) is 14.1. The Balaban J connectivity index is 2.46. The first-order valence-corrected chi connectivity index (χ1v) is 10.2. The molecule has 0 aliphatic rings. The predicted molar refractivity (Wildman–Crippen MR) is 108 cm³/mol. The topological polar surface area (TPSA) is 46.5 Å². The quantitative estimate of drug-likeness (QED) is 0.322. The van der Waals surface area contributed by atoms with Gasteiger partial charge in [0.2, 0.25) is 0 Å². The van der Waals surface area contributed by atoms with Crippen LogP contribution in [-0.4, -0.2) is 17.2 Å². The minimum absolute atomic E-state index is 0.294. The zero-order valence-corrected chi connectivity index (χ0v) is 16.9. The number of carbonyl (C=O) groups excluding carboxylic acids is 1. The van der Waals surface area contributed by atoms with E-state index in [1.165, 1.54) is 45.4 Å². The van der Waals surface area contributed by atoms with Crippen molar-refractivity contribution in [1.29, 1.82) is 0 Å². The van der Waals surface area contributed by atoms with Crippen LogP contribution in [0.1, 0.15) is 83.3 Å². The third-order valence-electron chi connectivity index (χ3n) is 4.38. The van der Waals surface area contributed by atoms with E-state index in [1.54, 1.807) is 6.08 Å². The second-order valence-corrected chi connectivity index (χ2v) is 7.21. The van der Waals surface area contributed by atoms with Crippen LogP contribution >= 0.6 is 11.6 Å². The number of benzene rings is 1. The molecule has 0 bridgehead atoms. The lowest BCUT2D eigenvalue weighted by molar-refractivity contribution is -0.144. The Labute approximate surface area is 163 Å². The van der Waals surface area contributed by atoms with Crippen molar-refractivity contribution in [3.63, 3.8) is 0 Å². The van der Waals surface area contributed by atoms with Gasteiger partial charge in [0.1, 0.15) is 12.2 Å². The van der Waals surface area contributed by atoms with E-state index in [2.05, 4.69) is 6.92 Å². The minimum Gasteiger partial charge on any atom is -0.458 e. The van der Waals surface area contributed by atoms with Crippen molar-refractivity contribution in [3.05, 3.63) is 47.0 Å². The number of aliphatic hydroxyl groups is 1. The van der Waals surface area contributed by atoms with E-state index in [9.17, 15) is 9.90 Å². The van der Waals surface area contributed by atoms with E-state index >= 15 is 0 Å². The number of esters is 1. The molecule has 0 heterocycles. The Kier molecular flexibility index (Phi) is 12.1. The lowest BCUT2D eigenvalue weighted by atomic mass is 10.0. The summed E-state index contributed by atoms with van der Waals surface area (Å²) in [6, 6.07) is 9.23. The van der Waals surface area contributed by atoms with Gasteiger partial charge in [-0.1, -0.05) is 93.8 Å². The number of carbonyl (C=O) groups is 1. The summed E-state index contributed by atoms with van der Waals surface area (Å²) in [7, 11) is 0. The van der Waals surface area contributed by atoms with E-state index in [1.807, 2.05) is 30.3 Å². The molecule has 1 aromatic rings. The molecular formula is C22H33ClO3. The maximum absolute atomic E-state index is 11.4. The molecule has 0 aromatic heterocycles. The highest BCUT2D eigenvalue weighted by Crippen LogP contribution is 2.26. The van der Waals surface area contributed by atoms with Crippen LogP contribution in [0.25, 0.3) is 0 Å². The molecule has 146 valence electrons. The Morgan fingerprint density at radius 2 is 1.65 bits per heavy atom. The van der Waals surface area contributed by atoms with Crippen LogP contribution in [0.5, 0.6) is 0 Å². The van der Waals surface area contributed by atoms with Crippen molar-refractivity contribution in [1.82, 2.24) is 0 Å². The Morgan fingerprint density at radius 3 is 2.23 bits per heavy atom. The second kappa shape index (κ2) is 13.8. The molecule has 2 unspecified atom stereocenters. The highest BCUT2D eigenvalue weighted by atomic mass is 35.5. The molecule has 26 heavy (non-hydrogen) atoms. The maximum Gasteiger partial charge on any atom is 0.303 e. The lowest BCUT2D eigenvalue weighted by Crippen LogP contribution is -2.15. The van der Waals surface area contributed by atoms with Crippen LogP contribution in [0.3, 0.4) is 0 Å². The molecule has 2 atom stereocenters. The predicted octanol–water partition coefficient (Wildman–Crippen LogP) is 6.31. The number of rotatable bonds is 13. The molecule has 1 N–H and O–H groups in total. The molecule has 3 nitrogen and oxygen atoms in total. The Bertz CT molecular complexity index is 527. The van der Waals surface area contributed by atoms with Gasteiger partial charge < -0.3 is 9.84 Å². The van der Waals surface area contributed by atoms with Crippen molar-refractivity contribution < 1.29 is 14.6 Å². The zero-order chi connectivity index (χ0) is 19.2. The molecular weight excluding hydrogens is 348 g/mol. The number of aliphatic hydroxyl groups excluding tert-OH is 1. The first-order valence-electron chi connectivity index (χ1n) is 9.82. The monoisotopic (exact) mass is 380 g/mol. The van der Waals surface area contributed by atoms with Crippen molar-refractivity contribution in [2.45, 2.75) is 83.8 Å². The standard InChI is InChI=1S/C22H33ClO3/c1-3-4-5-6-7-8-9-13-16-20(26-18(2)24)17-21(23)22(25)19-14-11-10-12-15-19/h10-12,14-15,17,20,22,25H,3-9,13,16H2,1-2H3/b21-17-. The van der Waals surface area contributed by atoms with Crippen LogP contribution in [0.15, 0.2) is 41.4 Å². The Hall–Kier alpha value is -1.32. The molecule has 0 amide bonds. The van der Waals surface area contributed by atoms with E-state index in [0.717, 1.165) is 24.8 Å². The number of halogens is 1. The van der Waals surface area contributed by atoms with Crippen molar-refractivity contribution in [2.24, 2.45) is 0 Å². The summed E-state index contributed by atoms with van der Waals surface area (Å²) in [6.07, 6.45) is 10.9. The van der Waals surface area contributed by atoms with E-state index in [4.69, 9.17) is 16.3 Å². The van der Waals surface area contributed by atoms with Gasteiger partial charge in [0, 0.05) is 6.92 Å². The summed E-state index contributed by atoms with van der Waals surface area (Å²) in [5, 5.41) is 10.6. The van der Waals surface area contributed by atoms with E-state index in [-0.39, 0.29) is 5.97 Å². The molecule has 0 radical (unpaired) electrons. The van der Waals surface area contributed by atoms with Gasteiger partial charge in [-0.05, 0) is 24.5 Å². The fraction of sp³-hybridized carbons (Fsp3) is 0.591. The molecule has 0 spiro atoms. The number of ether oxygens (including phenoxy) is 1. The van der Waals surface area contributed by atoms with Gasteiger partial charge in [-0.2, -0.15) is 0 Å². The molecule has 0 fully saturated rings. The van der Waals surface area contributed by atoms with E-state index in [0.29, 0.717) is 5.03 Å². The maximum atomic E-state index is 11.4. The summed E-state index contributed by atoms with van der Waals surface area (Å²) in [5.41, 5.74) is 0.724. The average Bonchev–Trinajstić information content (AvgIpc) is 2.63. The largest absolute Gasteiger partial charge is 0.458 e. The molecule has 1 rings (SSSR count). The van der Waals surface area contributed by atoms with Crippen LogP contribution in [0, 0.1) is 0 Å². The first-order chi connectivity index (χ1) is 12.5. The third-order valence-corrected chi connectivity index (χ3v) is 4.71. The molecule has 0 aliphatic heterocycles. The van der Waals surface area contributed by atoms with Gasteiger partial charge in [-0.3, -0.25) is 4.79 Å². The van der Waals surface area contributed by atoms with Crippen LogP contribution in [0.4, 0.5) is 0 Å². The molecule has 0 saturated heterocycles. The minimum atomic E-state index is -0.894. The molecule has 4 heteroatoms. The summed E-state index contributed by atoms with van der Waals surface area (Å²) < 4.78 is 5.36. The van der Waals surface area contributed by atoms with Gasteiger partial charge in [0.15, 0.2) is 0 Å².